The van der Waals surface area contributed by atoms with E-state index in [0.717, 1.165) is 42.1 Å². The highest BCUT2D eigenvalue weighted by Gasteiger charge is 2.33. The van der Waals surface area contributed by atoms with Crippen LogP contribution in [0.2, 0.25) is 0 Å². The number of likely N-dealkylation sites (tertiary alicyclic amines) is 1. The summed E-state index contributed by atoms with van der Waals surface area (Å²) in [7, 11) is 0. The number of non-ortho nitro benzene ring substituents is 1. The number of nitro groups is 1. The largest absolute Gasteiger partial charge is 0.356 e. The van der Waals surface area contributed by atoms with Crippen LogP contribution in [-0.4, -0.2) is 41.5 Å². The Morgan fingerprint density at radius 2 is 1.92 bits per heavy atom. The van der Waals surface area contributed by atoms with Gasteiger partial charge < -0.3 is 9.80 Å². The van der Waals surface area contributed by atoms with E-state index in [4.69, 9.17) is 0 Å². The van der Waals surface area contributed by atoms with Crippen LogP contribution in [0.3, 0.4) is 0 Å². The Hall–Kier alpha value is -1.95. The highest BCUT2D eigenvalue weighted by Crippen LogP contribution is 2.27. The van der Waals surface area contributed by atoms with Gasteiger partial charge in [0.05, 0.1) is 31.0 Å². The van der Waals surface area contributed by atoms with Crippen molar-refractivity contribution in [1.82, 2.24) is 5.32 Å². The van der Waals surface area contributed by atoms with Gasteiger partial charge in [0.25, 0.3) is 5.69 Å². The van der Waals surface area contributed by atoms with Gasteiger partial charge in [0.15, 0.2) is 0 Å². The molecule has 0 unspecified atom stereocenters. The molecule has 132 valence electrons. The summed E-state index contributed by atoms with van der Waals surface area (Å²) in [5.41, 5.74) is 1.23. The Labute approximate surface area is 143 Å². The predicted octanol–water partition coefficient (Wildman–Crippen LogP) is 2.87. The topological polar surface area (TPSA) is 72.2 Å². The molecule has 0 spiro atoms. The molecule has 0 radical (unpaired) electrons. The zero-order valence-corrected chi connectivity index (χ0v) is 14.7. The number of quaternary nitrogens is 1. The second kappa shape index (κ2) is 8.24. The Bertz CT molecular complexity index is 563. The number of nitrogens with zero attached hydrogens (tertiary/aromatic N) is 2. The van der Waals surface area contributed by atoms with Crippen molar-refractivity contribution in [2.75, 3.05) is 26.2 Å². The summed E-state index contributed by atoms with van der Waals surface area (Å²) in [6.07, 6.45) is 2.87. The van der Waals surface area contributed by atoms with E-state index in [-0.39, 0.29) is 16.5 Å². The van der Waals surface area contributed by atoms with E-state index in [1.807, 2.05) is 19.1 Å². The second-order valence-corrected chi connectivity index (χ2v) is 6.98. The lowest BCUT2D eigenvalue weighted by Crippen LogP contribution is -2.53. The fourth-order valence-corrected chi connectivity index (χ4v) is 3.44. The maximum Gasteiger partial charge on any atom is 0.269 e. The number of carbonyl (C=O) groups excluding carboxylic acids is 1. The average Bonchev–Trinajstić information content (AvgIpc) is 2.56. The normalized spacial score (nSPS) is 23.7. The zero-order valence-electron chi connectivity index (χ0n) is 14.7. The molecule has 0 aromatic heterocycles. The van der Waals surface area contributed by atoms with Gasteiger partial charge >= 0.3 is 0 Å². The van der Waals surface area contributed by atoms with Gasteiger partial charge in [-0.1, -0.05) is 6.92 Å². The summed E-state index contributed by atoms with van der Waals surface area (Å²) < 4.78 is 0.902. The van der Waals surface area contributed by atoms with Crippen molar-refractivity contribution < 1.29 is 14.2 Å². The molecule has 0 saturated carbocycles. The minimum Gasteiger partial charge on any atom is -0.356 e. The van der Waals surface area contributed by atoms with Crippen molar-refractivity contribution in [2.24, 2.45) is 5.92 Å². The zero-order chi connectivity index (χ0) is 17.6. The molecule has 24 heavy (non-hydrogen) atoms. The Morgan fingerprint density at radius 1 is 1.29 bits per heavy atom. The molecule has 1 aliphatic heterocycles. The molecule has 1 N–H and O–H groups in total. The molecule has 0 aliphatic carbocycles. The number of carbonyl (C=O) groups is 1. The second-order valence-electron chi connectivity index (χ2n) is 6.98. The van der Waals surface area contributed by atoms with Crippen LogP contribution in [0.4, 0.5) is 5.69 Å². The molecule has 6 nitrogen and oxygen atoms in total. The smallest absolute Gasteiger partial charge is 0.269 e. The van der Waals surface area contributed by atoms with Crippen molar-refractivity contribution in [1.29, 1.82) is 0 Å². The van der Waals surface area contributed by atoms with E-state index in [1.54, 1.807) is 12.1 Å². The van der Waals surface area contributed by atoms with Crippen molar-refractivity contribution in [3.8, 4) is 0 Å². The third kappa shape index (κ3) is 5.03. The van der Waals surface area contributed by atoms with Gasteiger partial charge in [-0.3, -0.25) is 14.9 Å². The summed E-state index contributed by atoms with van der Waals surface area (Å²) in [5, 5.41) is 13.7. The molecule has 1 amide bonds. The number of nitro benzene ring substituents is 1. The summed E-state index contributed by atoms with van der Waals surface area (Å²) >= 11 is 0. The maximum absolute atomic E-state index is 11.9. The first-order valence-electron chi connectivity index (χ1n) is 8.79. The summed E-state index contributed by atoms with van der Waals surface area (Å²) in [4.78, 5) is 22.3. The standard InChI is InChI=1S/C18H27N3O3/c1-3-19-18(22)10-13-21(11-8-15(2)9-12-21)14-16-4-6-17(7-5-16)20(23)24/h4-7,15H,3,8-14H2,1-2H3/p+1. The minimum absolute atomic E-state index is 0.109. The van der Waals surface area contributed by atoms with Crippen molar-refractivity contribution in [2.45, 2.75) is 39.7 Å². The van der Waals surface area contributed by atoms with Gasteiger partial charge in [-0.15, -0.1) is 0 Å². The van der Waals surface area contributed by atoms with Crippen LogP contribution in [-0.2, 0) is 11.3 Å². The van der Waals surface area contributed by atoms with E-state index >= 15 is 0 Å². The third-order valence-electron chi connectivity index (χ3n) is 5.04. The quantitative estimate of drug-likeness (QED) is 0.473. The van der Waals surface area contributed by atoms with Crippen LogP contribution in [0.15, 0.2) is 24.3 Å². The van der Waals surface area contributed by atoms with Crippen molar-refractivity contribution >= 4 is 11.6 Å². The number of hydrogen-bond acceptors (Lipinski definition) is 3. The van der Waals surface area contributed by atoms with Gasteiger partial charge in [0.1, 0.15) is 6.54 Å². The molecule has 1 aromatic carbocycles. The Kier molecular flexibility index (Phi) is 6.31. The number of nitrogens with one attached hydrogen (secondary N) is 1. The highest BCUT2D eigenvalue weighted by molar-refractivity contribution is 5.75. The molecule has 1 fully saturated rings. The van der Waals surface area contributed by atoms with E-state index in [1.165, 1.54) is 12.8 Å². The van der Waals surface area contributed by atoms with Gasteiger partial charge in [-0.2, -0.15) is 0 Å². The van der Waals surface area contributed by atoms with Crippen LogP contribution in [0.25, 0.3) is 0 Å². The fraction of sp³-hybridized carbons (Fsp3) is 0.611. The molecule has 1 aliphatic rings. The van der Waals surface area contributed by atoms with E-state index < -0.39 is 0 Å². The molecule has 6 heteroatoms. The van der Waals surface area contributed by atoms with Crippen LogP contribution in [0.1, 0.15) is 38.7 Å². The first-order chi connectivity index (χ1) is 11.4. The number of hydrogen-bond donors (Lipinski definition) is 1. The van der Waals surface area contributed by atoms with Gasteiger partial charge in [-0.25, -0.2) is 0 Å². The lowest BCUT2D eigenvalue weighted by molar-refractivity contribution is -0.945. The molecule has 2 rings (SSSR count). The maximum atomic E-state index is 11.9. The summed E-state index contributed by atoms with van der Waals surface area (Å²) in [6, 6.07) is 6.84. The molecular formula is C18H28N3O3+. The monoisotopic (exact) mass is 334 g/mol. The van der Waals surface area contributed by atoms with Crippen molar-refractivity contribution in [3.63, 3.8) is 0 Å². The average molecular weight is 334 g/mol. The predicted molar refractivity (Wildman–Crippen MR) is 93.4 cm³/mol. The number of rotatable bonds is 7. The van der Waals surface area contributed by atoms with Crippen LogP contribution in [0.5, 0.6) is 0 Å². The van der Waals surface area contributed by atoms with Crippen LogP contribution >= 0.6 is 0 Å². The van der Waals surface area contributed by atoms with E-state index in [0.29, 0.717) is 13.0 Å². The van der Waals surface area contributed by atoms with Gasteiger partial charge in [-0.05, 0) is 37.8 Å². The molecular weight excluding hydrogens is 306 g/mol. The SMILES string of the molecule is CCNC(=O)CC[N+]1(Cc2ccc([N+](=O)[O-])cc2)CCC(C)CC1. The van der Waals surface area contributed by atoms with Crippen molar-refractivity contribution in [3.05, 3.63) is 39.9 Å². The van der Waals surface area contributed by atoms with Crippen LogP contribution < -0.4 is 5.32 Å². The van der Waals surface area contributed by atoms with E-state index in [9.17, 15) is 14.9 Å². The third-order valence-corrected chi connectivity index (χ3v) is 5.04. The van der Waals surface area contributed by atoms with Crippen LogP contribution in [0, 0.1) is 16.0 Å². The Balaban J connectivity index is 2.07. The highest BCUT2D eigenvalue weighted by atomic mass is 16.6. The molecule has 1 saturated heterocycles. The number of amides is 1. The molecule has 0 atom stereocenters. The first kappa shape index (κ1) is 18.4. The fourth-order valence-electron chi connectivity index (χ4n) is 3.44. The lowest BCUT2D eigenvalue weighted by atomic mass is 9.95. The minimum atomic E-state index is -0.369. The lowest BCUT2D eigenvalue weighted by Gasteiger charge is -2.43. The molecule has 1 heterocycles. The van der Waals surface area contributed by atoms with Gasteiger partial charge in [0, 0.05) is 24.2 Å². The number of benzene rings is 1. The first-order valence-corrected chi connectivity index (χ1v) is 8.79. The molecule has 1 aromatic rings. The van der Waals surface area contributed by atoms with E-state index in [2.05, 4.69) is 12.2 Å². The number of piperidine rings is 1. The summed E-state index contributed by atoms with van der Waals surface area (Å²) in [6.45, 7) is 8.68. The van der Waals surface area contributed by atoms with Gasteiger partial charge in [0.2, 0.25) is 5.91 Å². The Morgan fingerprint density at radius 3 is 2.46 bits per heavy atom. The summed E-state index contributed by atoms with van der Waals surface area (Å²) in [5.74, 6) is 0.843. The molecule has 0 bridgehead atoms.